The van der Waals surface area contributed by atoms with E-state index < -0.39 is 33.0 Å². The van der Waals surface area contributed by atoms with Gasteiger partial charge in [-0.2, -0.15) is 0 Å². The van der Waals surface area contributed by atoms with Crippen molar-refractivity contribution in [3.8, 4) is 0 Å². The fraction of sp³-hybridized carbons (Fsp3) is 0. The van der Waals surface area contributed by atoms with Gasteiger partial charge in [0.15, 0.2) is 0 Å². The van der Waals surface area contributed by atoms with Gasteiger partial charge in [0, 0.05) is 33.1 Å². The highest BCUT2D eigenvalue weighted by Crippen LogP contribution is 2.40. The quantitative estimate of drug-likeness (QED) is 0.0607. The van der Waals surface area contributed by atoms with E-state index in [0.29, 0.717) is 20.9 Å². The van der Waals surface area contributed by atoms with Crippen molar-refractivity contribution < 1.29 is 19.4 Å². The Morgan fingerprint density at radius 2 is 0.952 bits per heavy atom. The van der Waals surface area contributed by atoms with Gasteiger partial charge >= 0.3 is 0 Å². The second-order valence-electron chi connectivity index (χ2n) is 8.43. The molecular weight excluding hydrogens is 580 g/mol. The van der Waals surface area contributed by atoms with Crippen molar-refractivity contribution >= 4 is 56.4 Å². The Balaban J connectivity index is 1.53. The van der Waals surface area contributed by atoms with E-state index in [1.165, 1.54) is 36.4 Å². The summed E-state index contributed by atoms with van der Waals surface area (Å²) in [6, 6.07) is 24.6. The van der Waals surface area contributed by atoms with Crippen LogP contribution in [0.4, 0.5) is 11.4 Å². The van der Waals surface area contributed by atoms with Crippen molar-refractivity contribution in [1.82, 2.24) is 10.6 Å². The molecule has 2 amide bonds. The topological polar surface area (TPSA) is 192 Å². The van der Waals surface area contributed by atoms with E-state index in [0.717, 1.165) is 21.6 Å². The van der Waals surface area contributed by atoms with Crippen LogP contribution in [0.1, 0.15) is 31.8 Å². The standard InChI is InChI=1S/C28H20N6O6S2/c29-25(17-7-3-1-4-8-17)31-27(35)21-15-19(11-13-23(21)33(37)38)41-42-20-12-14-24(34(39)40)22(16-20)28(36)32-26(30)18-9-5-2-6-10-18/h1-16H,(H2,29,31,35)(H2,30,32,36). The van der Waals surface area contributed by atoms with Crippen LogP contribution < -0.4 is 10.6 Å². The average Bonchev–Trinajstić information content (AvgIpc) is 3.00. The molecule has 4 rings (SSSR count). The van der Waals surface area contributed by atoms with E-state index in [9.17, 15) is 29.8 Å². The van der Waals surface area contributed by atoms with Crippen molar-refractivity contribution in [2.24, 2.45) is 0 Å². The molecule has 0 radical (unpaired) electrons. The first-order valence-electron chi connectivity index (χ1n) is 12.0. The first kappa shape index (κ1) is 29.6. The number of nitrogens with one attached hydrogen (secondary N) is 4. The van der Waals surface area contributed by atoms with E-state index in [4.69, 9.17) is 10.8 Å². The Kier molecular flexibility index (Phi) is 9.42. The number of amidine groups is 2. The van der Waals surface area contributed by atoms with Crippen LogP contribution in [0.15, 0.2) is 107 Å². The number of amides is 2. The van der Waals surface area contributed by atoms with Gasteiger partial charge in [0.05, 0.1) is 9.85 Å². The zero-order valence-corrected chi connectivity index (χ0v) is 23.0. The number of nitro benzene ring substituents is 2. The van der Waals surface area contributed by atoms with Crippen LogP contribution in [-0.4, -0.2) is 33.3 Å². The Hall–Kier alpha value is -5.34. The highest BCUT2D eigenvalue weighted by atomic mass is 33.1. The minimum absolute atomic E-state index is 0.223. The molecule has 4 aromatic rings. The van der Waals surface area contributed by atoms with Gasteiger partial charge in [-0.15, -0.1) is 0 Å². The van der Waals surface area contributed by atoms with Crippen LogP contribution in [0.3, 0.4) is 0 Å². The van der Waals surface area contributed by atoms with E-state index >= 15 is 0 Å². The van der Waals surface area contributed by atoms with Crippen LogP contribution in [0.5, 0.6) is 0 Å². The second kappa shape index (κ2) is 13.3. The molecule has 14 heteroatoms. The molecule has 0 spiro atoms. The van der Waals surface area contributed by atoms with Gasteiger partial charge in [0.25, 0.3) is 23.2 Å². The first-order valence-corrected chi connectivity index (χ1v) is 14.1. The van der Waals surface area contributed by atoms with Gasteiger partial charge in [-0.25, -0.2) is 0 Å². The maximum Gasteiger partial charge on any atom is 0.282 e. The number of carbonyl (C=O) groups is 2. The summed E-state index contributed by atoms with van der Waals surface area (Å²) in [5, 5.41) is 44.1. The summed E-state index contributed by atoms with van der Waals surface area (Å²) in [4.78, 5) is 48.4. The fourth-order valence-electron chi connectivity index (χ4n) is 3.63. The lowest BCUT2D eigenvalue weighted by Gasteiger charge is -2.10. The average molecular weight is 601 g/mol. The van der Waals surface area contributed by atoms with Gasteiger partial charge in [-0.3, -0.25) is 40.6 Å². The van der Waals surface area contributed by atoms with E-state index in [2.05, 4.69) is 10.6 Å². The molecule has 0 aromatic heterocycles. The molecule has 0 atom stereocenters. The number of carbonyl (C=O) groups excluding carboxylic acids is 2. The second-order valence-corrected chi connectivity index (χ2v) is 10.7. The predicted octanol–water partition coefficient (Wildman–Crippen LogP) is 5.81. The normalized spacial score (nSPS) is 10.4. The third-order valence-electron chi connectivity index (χ3n) is 5.65. The summed E-state index contributed by atoms with van der Waals surface area (Å²) in [6.07, 6.45) is 0. The lowest BCUT2D eigenvalue weighted by molar-refractivity contribution is -0.385. The SMILES string of the molecule is N=C(NC(=O)c1cc(SSc2ccc([N+](=O)[O-])c(C(=O)NC(=N)c3ccccc3)c2)ccc1[N+](=O)[O-])c1ccccc1. The van der Waals surface area contributed by atoms with Gasteiger partial charge < -0.3 is 10.6 Å². The molecule has 12 nitrogen and oxygen atoms in total. The zero-order chi connectivity index (χ0) is 30.2. The fourth-order valence-corrected chi connectivity index (χ4v) is 5.60. The number of nitro groups is 2. The summed E-state index contributed by atoms with van der Waals surface area (Å²) in [7, 11) is 2.21. The van der Waals surface area contributed by atoms with Crippen LogP contribution >= 0.6 is 21.6 Å². The van der Waals surface area contributed by atoms with Crippen molar-refractivity contribution in [2.75, 3.05) is 0 Å². The van der Waals surface area contributed by atoms with Crippen molar-refractivity contribution in [3.63, 3.8) is 0 Å². The lowest BCUT2D eigenvalue weighted by atomic mass is 10.1. The van der Waals surface area contributed by atoms with Gasteiger partial charge in [0.1, 0.15) is 22.8 Å². The van der Waals surface area contributed by atoms with Gasteiger partial charge in [-0.1, -0.05) is 82.3 Å². The summed E-state index contributed by atoms with van der Waals surface area (Å²) in [5.41, 5.74) is -0.558. The number of nitrogens with zero attached hydrogens (tertiary/aromatic N) is 2. The molecule has 0 heterocycles. The zero-order valence-electron chi connectivity index (χ0n) is 21.4. The predicted molar refractivity (Wildman–Crippen MR) is 159 cm³/mol. The van der Waals surface area contributed by atoms with E-state index in [1.807, 2.05) is 0 Å². The summed E-state index contributed by atoms with van der Waals surface area (Å²) in [5.74, 6) is -2.12. The van der Waals surface area contributed by atoms with Crippen molar-refractivity contribution in [1.29, 1.82) is 10.8 Å². The molecule has 0 fully saturated rings. The van der Waals surface area contributed by atoms with Crippen LogP contribution in [-0.2, 0) is 0 Å². The first-order chi connectivity index (χ1) is 20.1. The molecule has 4 N–H and O–H groups in total. The van der Waals surface area contributed by atoms with Crippen molar-refractivity contribution in [2.45, 2.75) is 9.79 Å². The van der Waals surface area contributed by atoms with Gasteiger partial charge in [-0.05, 0) is 24.3 Å². The molecule has 0 bridgehead atoms. The number of rotatable bonds is 9. The molecular formula is C28H20N6O6S2. The molecule has 0 unspecified atom stereocenters. The Bertz CT molecular complexity index is 1590. The minimum atomic E-state index is -0.835. The van der Waals surface area contributed by atoms with E-state index in [1.54, 1.807) is 60.7 Å². The Labute approximate surface area is 246 Å². The van der Waals surface area contributed by atoms with Crippen LogP contribution in [0.25, 0.3) is 0 Å². The molecule has 0 aliphatic rings. The monoisotopic (exact) mass is 600 g/mol. The molecule has 0 saturated carbocycles. The summed E-state index contributed by atoms with van der Waals surface area (Å²) in [6.45, 7) is 0. The highest BCUT2D eigenvalue weighted by Gasteiger charge is 2.24. The third-order valence-corrected chi connectivity index (χ3v) is 8.04. The summed E-state index contributed by atoms with van der Waals surface area (Å²) < 4.78 is 0. The van der Waals surface area contributed by atoms with Crippen molar-refractivity contribution in [3.05, 3.63) is 140 Å². The maximum atomic E-state index is 12.9. The molecule has 210 valence electrons. The highest BCUT2D eigenvalue weighted by molar-refractivity contribution is 8.76. The molecule has 0 aliphatic carbocycles. The largest absolute Gasteiger partial charge is 0.306 e. The minimum Gasteiger partial charge on any atom is -0.306 e. The lowest BCUT2D eigenvalue weighted by Crippen LogP contribution is -2.31. The number of hydrogen-bond donors (Lipinski definition) is 4. The maximum absolute atomic E-state index is 12.9. The molecule has 0 aliphatic heterocycles. The van der Waals surface area contributed by atoms with Crippen LogP contribution in [0.2, 0.25) is 0 Å². The smallest absolute Gasteiger partial charge is 0.282 e. The Morgan fingerprint density at radius 3 is 1.29 bits per heavy atom. The number of hydrogen-bond acceptors (Lipinski definition) is 10. The van der Waals surface area contributed by atoms with Gasteiger partial charge in [0.2, 0.25) is 0 Å². The van der Waals surface area contributed by atoms with Crippen LogP contribution in [0, 0.1) is 31.0 Å². The number of benzene rings is 4. The summed E-state index contributed by atoms with van der Waals surface area (Å²) >= 11 is 0. The molecule has 0 saturated heterocycles. The molecule has 4 aromatic carbocycles. The third kappa shape index (κ3) is 7.24. The molecule has 42 heavy (non-hydrogen) atoms. The Morgan fingerprint density at radius 1 is 0.595 bits per heavy atom. The van der Waals surface area contributed by atoms with E-state index in [-0.39, 0.29) is 22.8 Å².